The molecule has 0 aliphatic heterocycles. The zero-order valence-corrected chi connectivity index (χ0v) is 14.1. The normalized spacial score (nSPS) is 10.9. The maximum absolute atomic E-state index is 13.7. The molecule has 0 fully saturated rings. The molecule has 0 saturated carbocycles. The monoisotopic (exact) mass is 370 g/mol. The molecule has 3 nitrogen and oxygen atoms in total. The average Bonchev–Trinajstić information content (AvgIpc) is 2.80. The molecule has 0 amide bonds. The summed E-state index contributed by atoms with van der Waals surface area (Å²) in [5.41, 5.74) is 6.89. The molecule has 2 aromatic rings. The highest BCUT2D eigenvalue weighted by Gasteiger charge is 2.17. The maximum Gasteiger partial charge on any atom is 0.177 e. The highest BCUT2D eigenvalue weighted by molar-refractivity contribution is 9.10. The Hall–Kier alpha value is -1.40. The number of anilines is 2. The number of ketones is 1. The summed E-state index contributed by atoms with van der Waals surface area (Å²) in [5, 5.41) is 3.87. The van der Waals surface area contributed by atoms with Gasteiger partial charge in [0, 0.05) is 22.5 Å². The molecule has 1 aromatic carbocycles. The largest absolute Gasteiger partial charge is 0.397 e. The molecule has 1 aromatic heterocycles. The average molecular weight is 371 g/mol. The summed E-state index contributed by atoms with van der Waals surface area (Å²) in [7, 11) is 0. The molecule has 0 radical (unpaired) electrons. The van der Waals surface area contributed by atoms with Crippen molar-refractivity contribution in [2.45, 2.75) is 20.4 Å². The van der Waals surface area contributed by atoms with Gasteiger partial charge in [-0.05, 0) is 24.3 Å². The zero-order valence-electron chi connectivity index (χ0n) is 11.7. The van der Waals surface area contributed by atoms with E-state index < -0.39 is 0 Å². The molecule has 21 heavy (non-hydrogen) atoms. The van der Waals surface area contributed by atoms with Crippen molar-refractivity contribution in [2.24, 2.45) is 5.92 Å². The second kappa shape index (κ2) is 6.58. The van der Waals surface area contributed by atoms with Crippen LogP contribution in [0.5, 0.6) is 0 Å². The first kappa shape index (κ1) is 16.0. The maximum atomic E-state index is 13.7. The second-order valence-electron chi connectivity index (χ2n) is 5.00. The minimum absolute atomic E-state index is 0.0270. The van der Waals surface area contributed by atoms with Crippen molar-refractivity contribution >= 4 is 43.7 Å². The third-order valence-electron chi connectivity index (χ3n) is 2.97. The quantitative estimate of drug-likeness (QED) is 0.751. The van der Waals surface area contributed by atoms with Gasteiger partial charge in [-0.15, -0.1) is 11.3 Å². The van der Waals surface area contributed by atoms with Crippen molar-refractivity contribution < 1.29 is 9.18 Å². The molecule has 0 aliphatic carbocycles. The van der Waals surface area contributed by atoms with Gasteiger partial charge in [0.25, 0.3) is 0 Å². The Bertz CT molecular complexity index is 670. The van der Waals surface area contributed by atoms with Crippen molar-refractivity contribution in [1.82, 2.24) is 0 Å². The van der Waals surface area contributed by atoms with Crippen LogP contribution in [-0.4, -0.2) is 5.78 Å². The SMILES string of the molecule is CC(C)C(=O)c1sc(NCc2cc(Br)ccc2F)cc1N. The van der Waals surface area contributed by atoms with Gasteiger partial charge < -0.3 is 11.1 Å². The topological polar surface area (TPSA) is 55.1 Å². The van der Waals surface area contributed by atoms with E-state index in [0.717, 1.165) is 9.47 Å². The number of hydrogen-bond donors (Lipinski definition) is 2. The van der Waals surface area contributed by atoms with E-state index in [-0.39, 0.29) is 17.5 Å². The number of hydrogen-bond acceptors (Lipinski definition) is 4. The Morgan fingerprint density at radius 3 is 2.81 bits per heavy atom. The minimum Gasteiger partial charge on any atom is -0.397 e. The Morgan fingerprint density at radius 1 is 1.43 bits per heavy atom. The van der Waals surface area contributed by atoms with Crippen LogP contribution >= 0.6 is 27.3 Å². The van der Waals surface area contributed by atoms with Crippen LogP contribution in [0.3, 0.4) is 0 Å². The second-order valence-corrected chi connectivity index (χ2v) is 6.97. The number of rotatable bonds is 5. The number of halogens is 2. The van der Waals surface area contributed by atoms with Crippen molar-refractivity contribution in [3.05, 3.63) is 45.0 Å². The number of nitrogen functional groups attached to an aromatic ring is 1. The number of carbonyl (C=O) groups excluding carboxylic acids is 1. The Kier molecular flexibility index (Phi) is 5.00. The van der Waals surface area contributed by atoms with Gasteiger partial charge in [-0.25, -0.2) is 4.39 Å². The van der Waals surface area contributed by atoms with E-state index in [1.807, 2.05) is 13.8 Å². The number of nitrogens with two attached hydrogens (primary N) is 1. The van der Waals surface area contributed by atoms with E-state index in [2.05, 4.69) is 21.2 Å². The lowest BCUT2D eigenvalue weighted by molar-refractivity contribution is 0.0944. The number of carbonyl (C=O) groups is 1. The summed E-state index contributed by atoms with van der Waals surface area (Å²) >= 11 is 4.62. The molecule has 0 spiro atoms. The highest BCUT2D eigenvalue weighted by atomic mass is 79.9. The standard InChI is InChI=1S/C15H16BrFN2OS/c1-8(2)14(20)15-12(18)6-13(21-15)19-7-9-5-10(16)3-4-11(9)17/h3-6,8,19H,7,18H2,1-2H3. The summed E-state index contributed by atoms with van der Waals surface area (Å²) in [6.07, 6.45) is 0. The zero-order chi connectivity index (χ0) is 15.6. The highest BCUT2D eigenvalue weighted by Crippen LogP contribution is 2.31. The van der Waals surface area contributed by atoms with E-state index in [4.69, 9.17) is 5.73 Å². The first-order valence-electron chi connectivity index (χ1n) is 6.49. The van der Waals surface area contributed by atoms with Crippen molar-refractivity contribution in [3.8, 4) is 0 Å². The molecule has 2 rings (SSSR count). The molecule has 3 N–H and O–H groups in total. The Balaban J connectivity index is 2.12. The lowest BCUT2D eigenvalue weighted by Crippen LogP contribution is -2.07. The third-order valence-corrected chi connectivity index (χ3v) is 4.59. The fourth-order valence-corrected chi connectivity index (χ4v) is 3.28. The van der Waals surface area contributed by atoms with Gasteiger partial charge in [-0.3, -0.25) is 4.79 Å². The predicted octanol–water partition coefficient (Wildman–Crippen LogP) is 4.68. The van der Waals surface area contributed by atoms with Crippen molar-refractivity contribution in [2.75, 3.05) is 11.1 Å². The van der Waals surface area contributed by atoms with Crippen LogP contribution in [0.25, 0.3) is 0 Å². The molecule has 0 bridgehead atoms. The van der Waals surface area contributed by atoms with Gasteiger partial charge in [0.15, 0.2) is 5.78 Å². The fraction of sp³-hybridized carbons (Fsp3) is 0.267. The van der Waals surface area contributed by atoms with E-state index in [0.29, 0.717) is 22.7 Å². The molecule has 0 atom stereocenters. The molecule has 112 valence electrons. The van der Waals surface area contributed by atoms with E-state index in [1.165, 1.54) is 17.4 Å². The van der Waals surface area contributed by atoms with Crippen LogP contribution in [0.15, 0.2) is 28.7 Å². The fourth-order valence-electron chi connectivity index (χ4n) is 1.81. The lowest BCUT2D eigenvalue weighted by atomic mass is 10.1. The molecule has 0 aliphatic rings. The van der Waals surface area contributed by atoms with Crippen LogP contribution < -0.4 is 11.1 Å². The molecular weight excluding hydrogens is 355 g/mol. The number of benzene rings is 1. The van der Waals surface area contributed by atoms with E-state index >= 15 is 0 Å². The molecule has 0 unspecified atom stereocenters. The van der Waals surface area contributed by atoms with E-state index in [9.17, 15) is 9.18 Å². The first-order chi connectivity index (χ1) is 9.88. The predicted molar refractivity (Wildman–Crippen MR) is 89.3 cm³/mol. The molecule has 6 heteroatoms. The van der Waals surface area contributed by atoms with Crippen LogP contribution in [0.1, 0.15) is 29.1 Å². The number of nitrogens with one attached hydrogen (secondary N) is 1. The van der Waals surface area contributed by atoms with Gasteiger partial charge in [0.1, 0.15) is 5.82 Å². The van der Waals surface area contributed by atoms with Crippen LogP contribution in [0.2, 0.25) is 0 Å². The van der Waals surface area contributed by atoms with Crippen molar-refractivity contribution in [3.63, 3.8) is 0 Å². The van der Waals surface area contributed by atoms with Gasteiger partial charge >= 0.3 is 0 Å². The summed E-state index contributed by atoms with van der Waals surface area (Å²) in [6, 6.07) is 6.51. The summed E-state index contributed by atoms with van der Waals surface area (Å²) in [5.74, 6) is -0.339. The van der Waals surface area contributed by atoms with Gasteiger partial charge in [0.05, 0.1) is 15.6 Å². The first-order valence-corrected chi connectivity index (χ1v) is 8.10. The Morgan fingerprint density at radius 2 is 2.14 bits per heavy atom. The van der Waals surface area contributed by atoms with E-state index in [1.54, 1.807) is 18.2 Å². The molecule has 0 saturated heterocycles. The molecule has 1 heterocycles. The minimum atomic E-state index is -0.270. The van der Waals surface area contributed by atoms with Crippen LogP contribution in [0.4, 0.5) is 15.1 Å². The lowest BCUT2D eigenvalue weighted by Gasteiger charge is -2.05. The molecular formula is C15H16BrFN2OS. The Labute approximate surface area is 135 Å². The summed E-state index contributed by atoms with van der Waals surface area (Å²) in [4.78, 5) is 12.5. The summed E-state index contributed by atoms with van der Waals surface area (Å²) < 4.78 is 14.5. The third kappa shape index (κ3) is 3.83. The smallest absolute Gasteiger partial charge is 0.177 e. The van der Waals surface area contributed by atoms with Crippen LogP contribution in [-0.2, 0) is 6.54 Å². The van der Waals surface area contributed by atoms with Crippen LogP contribution in [0, 0.1) is 11.7 Å². The summed E-state index contributed by atoms with van der Waals surface area (Å²) in [6.45, 7) is 4.01. The van der Waals surface area contributed by atoms with Gasteiger partial charge in [0.2, 0.25) is 0 Å². The number of Topliss-reactive ketones (excluding diaryl/α,β-unsaturated/α-hetero) is 1. The van der Waals surface area contributed by atoms with Crippen molar-refractivity contribution in [1.29, 1.82) is 0 Å². The number of thiophene rings is 1. The van der Waals surface area contributed by atoms with Gasteiger partial charge in [-0.1, -0.05) is 29.8 Å². The van der Waals surface area contributed by atoms with Gasteiger partial charge in [-0.2, -0.15) is 0 Å².